The van der Waals surface area contributed by atoms with Crippen LogP contribution in [0.2, 0.25) is 5.02 Å². The number of aryl methyl sites for hydroxylation is 1. The fraction of sp³-hybridized carbons (Fsp3) is 0.467. The molecule has 0 spiro atoms. The van der Waals surface area contributed by atoms with Crippen LogP contribution in [-0.4, -0.2) is 52.8 Å². The van der Waals surface area contributed by atoms with Gasteiger partial charge in [0.25, 0.3) is 0 Å². The van der Waals surface area contributed by atoms with Gasteiger partial charge in [0, 0.05) is 29.6 Å². The summed E-state index contributed by atoms with van der Waals surface area (Å²) in [5, 5.41) is 22.1. The Bertz CT molecular complexity index is 1170. The minimum absolute atomic E-state index is 0.192. The Kier molecular flexibility index (Phi) is 9.78. The molecule has 2 heterocycles. The monoisotopic (exact) mass is 524 g/mol. The molecule has 198 valence electrons. The zero-order valence-electron chi connectivity index (χ0n) is 21.5. The summed E-state index contributed by atoms with van der Waals surface area (Å²) in [6, 6.07) is 15.6. The molecule has 3 atom stereocenters. The van der Waals surface area contributed by atoms with Gasteiger partial charge in [-0.05, 0) is 111 Å². The van der Waals surface area contributed by atoms with Crippen molar-refractivity contribution in [2.45, 2.75) is 51.0 Å². The van der Waals surface area contributed by atoms with E-state index in [9.17, 15) is 15.0 Å². The molecule has 1 aromatic heterocycles. The van der Waals surface area contributed by atoms with Crippen LogP contribution in [-0.2, 0) is 11.2 Å². The molecular formula is C30H37ClN2O4. The van der Waals surface area contributed by atoms with Crippen molar-refractivity contribution in [1.29, 1.82) is 0 Å². The number of aliphatic carboxylic acids is 1. The Balaban J connectivity index is 1.34. The number of aromatic nitrogens is 1. The zero-order chi connectivity index (χ0) is 26.2. The number of halogens is 1. The molecule has 0 unspecified atom stereocenters. The standard InChI is InChI=1S/C30H37ClN2O4/c1-37-25-10-11-28-27(19-25)26(14-16-32-28)29(34)12-6-22-15-18-33(20-23(22)7-13-30(35)36)17-2-3-21-4-8-24(31)9-5-21/h4-5,8-11,14,16,19,22-23,29,34H,2-3,6-7,12-13,15,17-18,20H2,1H3,(H,35,36)/t22-,23-,29-/m1/s1. The van der Waals surface area contributed by atoms with E-state index in [0.29, 0.717) is 24.7 Å². The average Bonchev–Trinajstić information content (AvgIpc) is 2.91. The fourth-order valence-electron chi connectivity index (χ4n) is 5.62. The van der Waals surface area contributed by atoms with Crippen molar-refractivity contribution in [3.8, 4) is 5.75 Å². The Morgan fingerprint density at radius 1 is 1.16 bits per heavy atom. The van der Waals surface area contributed by atoms with Gasteiger partial charge in [-0.1, -0.05) is 23.7 Å². The molecule has 2 aromatic carbocycles. The lowest BCUT2D eigenvalue weighted by molar-refractivity contribution is -0.137. The predicted octanol–water partition coefficient (Wildman–Crippen LogP) is 6.15. The SMILES string of the molecule is COc1ccc2nccc([C@H](O)CC[C@@H]3CCN(CCCc4ccc(Cl)cc4)C[C@H]3CCC(=O)O)c2c1. The van der Waals surface area contributed by atoms with Gasteiger partial charge in [-0.3, -0.25) is 9.78 Å². The van der Waals surface area contributed by atoms with E-state index in [4.69, 9.17) is 16.3 Å². The molecule has 4 rings (SSSR count). The van der Waals surface area contributed by atoms with Crippen LogP contribution < -0.4 is 4.74 Å². The molecule has 0 saturated carbocycles. The maximum Gasteiger partial charge on any atom is 0.303 e. The molecule has 6 nitrogen and oxygen atoms in total. The number of pyridine rings is 1. The molecule has 1 aliphatic heterocycles. The van der Waals surface area contributed by atoms with Crippen molar-refractivity contribution in [3.05, 3.63) is 70.9 Å². The highest BCUT2D eigenvalue weighted by atomic mass is 35.5. The molecular weight excluding hydrogens is 488 g/mol. The van der Waals surface area contributed by atoms with Gasteiger partial charge in [0.05, 0.1) is 18.7 Å². The molecule has 37 heavy (non-hydrogen) atoms. The van der Waals surface area contributed by atoms with E-state index in [1.54, 1.807) is 13.3 Å². The van der Waals surface area contributed by atoms with Crippen LogP contribution in [0.4, 0.5) is 0 Å². The average molecular weight is 525 g/mol. The molecule has 7 heteroatoms. The third kappa shape index (κ3) is 7.67. The van der Waals surface area contributed by atoms with Crippen LogP contribution in [0.3, 0.4) is 0 Å². The van der Waals surface area contributed by atoms with E-state index in [-0.39, 0.29) is 6.42 Å². The molecule has 0 amide bonds. The number of ether oxygens (including phenoxy) is 1. The quantitative estimate of drug-likeness (QED) is 0.296. The second kappa shape index (κ2) is 13.2. The van der Waals surface area contributed by atoms with E-state index in [1.165, 1.54) is 5.56 Å². The van der Waals surface area contributed by atoms with Crippen LogP contribution in [0.5, 0.6) is 5.75 Å². The number of hydrogen-bond donors (Lipinski definition) is 2. The zero-order valence-corrected chi connectivity index (χ0v) is 22.2. The van der Waals surface area contributed by atoms with Crippen molar-refractivity contribution in [2.75, 3.05) is 26.7 Å². The lowest BCUT2D eigenvalue weighted by Gasteiger charge is -2.39. The van der Waals surface area contributed by atoms with Gasteiger partial charge >= 0.3 is 5.97 Å². The van der Waals surface area contributed by atoms with Crippen molar-refractivity contribution < 1.29 is 19.7 Å². The number of piperidine rings is 1. The fourth-order valence-corrected chi connectivity index (χ4v) is 5.75. The summed E-state index contributed by atoms with van der Waals surface area (Å²) in [5.74, 6) is 0.730. The minimum Gasteiger partial charge on any atom is -0.497 e. The largest absolute Gasteiger partial charge is 0.497 e. The molecule has 1 aliphatic rings. The van der Waals surface area contributed by atoms with Gasteiger partial charge < -0.3 is 19.8 Å². The Morgan fingerprint density at radius 2 is 1.97 bits per heavy atom. The van der Waals surface area contributed by atoms with Gasteiger partial charge in [0.1, 0.15) is 5.75 Å². The molecule has 1 saturated heterocycles. The number of carboxylic acids is 1. The first-order valence-corrected chi connectivity index (χ1v) is 13.6. The maximum absolute atomic E-state index is 11.3. The molecule has 1 fully saturated rings. The highest BCUT2D eigenvalue weighted by Crippen LogP contribution is 2.35. The predicted molar refractivity (Wildman–Crippen MR) is 147 cm³/mol. The molecule has 0 bridgehead atoms. The third-order valence-corrected chi connectivity index (χ3v) is 7.96. The van der Waals surface area contributed by atoms with E-state index < -0.39 is 12.1 Å². The molecule has 0 radical (unpaired) electrons. The number of carboxylic acid groups (broad SMARTS) is 1. The second-order valence-corrected chi connectivity index (χ2v) is 10.6. The molecule has 0 aliphatic carbocycles. The van der Waals surface area contributed by atoms with E-state index in [2.05, 4.69) is 22.0 Å². The number of hydrogen-bond acceptors (Lipinski definition) is 5. The van der Waals surface area contributed by atoms with Gasteiger partial charge in [0.2, 0.25) is 0 Å². The molecule has 3 aromatic rings. The summed E-state index contributed by atoms with van der Waals surface area (Å²) in [6.45, 7) is 2.94. The molecule has 2 N–H and O–H groups in total. The van der Waals surface area contributed by atoms with Gasteiger partial charge in [-0.15, -0.1) is 0 Å². The first kappa shape index (κ1) is 27.4. The maximum atomic E-state index is 11.3. The summed E-state index contributed by atoms with van der Waals surface area (Å²) in [6.07, 6.45) is 6.63. The number of methoxy groups -OCH3 is 1. The van der Waals surface area contributed by atoms with Crippen molar-refractivity contribution in [1.82, 2.24) is 9.88 Å². The normalized spacial score (nSPS) is 19.1. The Labute approximate surface area is 224 Å². The Hall–Kier alpha value is -2.67. The summed E-state index contributed by atoms with van der Waals surface area (Å²) in [4.78, 5) is 18.2. The number of benzene rings is 2. The topological polar surface area (TPSA) is 82.9 Å². The van der Waals surface area contributed by atoms with Crippen molar-refractivity contribution >= 4 is 28.5 Å². The highest BCUT2D eigenvalue weighted by Gasteiger charge is 2.30. The van der Waals surface area contributed by atoms with Crippen LogP contribution in [0.1, 0.15) is 55.8 Å². The number of aliphatic hydroxyl groups is 1. The number of rotatable bonds is 12. The number of fused-ring (bicyclic) bond motifs is 1. The number of nitrogens with zero attached hydrogens (tertiary/aromatic N) is 2. The van der Waals surface area contributed by atoms with Gasteiger partial charge in [0.15, 0.2) is 0 Å². The van der Waals surface area contributed by atoms with E-state index in [1.807, 2.05) is 36.4 Å². The van der Waals surface area contributed by atoms with E-state index >= 15 is 0 Å². The summed E-state index contributed by atoms with van der Waals surface area (Å²) in [7, 11) is 1.63. The number of likely N-dealkylation sites (tertiary alicyclic amines) is 1. The summed E-state index contributed by atoms with van der Waals surface area (Å²) in [5.41, 5.74) is 2.99. The highest BCUT2D eigenvalue weighted by molar-refractivity contribution is 6.30. The van der Waals surface area contributed by atoms with Crippen molar-refractivity contribution in [3.63, 3.8) is 0 Å². The summed E-state index contributed by atoms with van der Waals surface area (Å²) < 4.78 is 5.37. The summed E-state index contributed by atoms with van der Waals surface area (Å²) >= 11 is 5.99. The number of aliphatic hydroxyl groups excluding tert-OH is 1. The first-order valence-electron chi connectivity index (χ1n) is 13.2. The minimum atomic E-state index is -0.740. The van der Waals surface area contributed by atoms with Gasteiger partial charge in [-0.25, -0.2) is 0 Å². The van der Waals surface area contributed by atoms with Crippen LogP contribution in [0.15, 0.2) is 54.7 Å². The van der Waals surface area contributed by atoms with E-state index in [0.717, 1.165) is 72.6 Å². The smallest absolute Gasteiger partial charge is 0.303 e. The lowest BCUT2D eigenvalue weighted by atomic mass is 9.79. The lowest BCUT2D eigenvalue weighted by Crippen LogP contribution is -2.41. The van der Waals surface area contributed by atoms with Crippen LogP contribution in [0.25, 0.3) is 10.9 Å². The Morgan fingerprint density at radius 3 is 2.73 bits per heavy atom. The van der Waals surface area contributed by atoms with Crippen LogP contribution in [0, 0.1) is 11.8 Å². The number of carbonyl (C=O) groups is 1. The van der Waals surface area contributed by atoms with Crippen molar-refractivity contribution in [2.24, 2.45) is 11.8 Å². The van der Waals surface area contributed by atoms with Crippen LogP contribution >= 0.6 is 11.6 Å². The second-order valence-electron chi connectivity index (χ2n) is 10.1. The third-order valence-electron chi connectivity index (χ3n) is 7.71. The van der Waals surface area contributed by atoms with Gasteiger partial charge in [-0.2, -0.15) is 0 Å². The first-order chi connectivity index (χ1) is 17.9.